The van der Waals surface area contributed by atoms with E-state index in [2.05, 4.69) is 34.1 Å². The first-order chi connectivity index (χ1) is 14.6. The molecule has 1 aliphatic rings. The molecule has 4 aromatic rings. The topological polar surface area (TPSA) is 60.1 Å². The van der Waals surface area contributed by atoms with Gasteiger partial charge in [-0.3, -0.25) is 4.79 Å². The lowest BCUT2D eigenvalue weighted by atomic mass is 9.82. The van der Waals surface area contributed by atoms with Gasteiger partial charge in [0.1, 0.15) is 5.82 Å². The number of ketones is 1. The van der Waals surface area contributed by atoms with E-state index >= 15 is 0 Å². The van der Waals surface area contributed by atoms with Crippen molar-refractivity contribution in [2.24, 2.45) is 0 Å². The van der Waals surface area contributed by atoms with E-state index < -0.39 is 0 Å². The van der Waals surface area contributed by atoms with Crippen LogP contribution in [0.3, 0.4) is 0 Å². The summed E-state index contributed by atoms with van der Waals surface area (Å²) in [6.45, 7) is 2.09. The van der Waals surface area contributed by atoms with Gasteiger partial charge in [-0.1, -0.05) is 48.2 Å². The minimum absolute atomic E-state index is 0.0107. The van der Waals surface area contributed by atoms with E-state index in [-0.39, 0.29) is 17.5 Å². The SMILES string of the molecule is Cc1ccccc1CSc1nc2ncc3c(n2n1)CC(c1ccc(F)cc1)CC3=O. The molecule has 0 saturated heterocycles. The molecule has 30 heavy (non-hydrogen) atoms. The van der Waals surface area contributed by atoms with Crippen LogP contribution in [-0.4, -0.2) is 25.4 Å². The Bertz CT molecular complexity index is 1250. The van der Waals surface area contributed by atoms with E-state index in [0.29, 0.717) is 29.3 Å². The predicted octanol–water partition coefficient (Wildman–Crippen LogP) is 4.78. The first kappa shape index (κ1) is 18.9. The second-order valence-corrected chi connectivity index (χ2v) is 8.46. The second-order valence-electron chi connectivity index (χ2n) is 7.52. The third-order valence-corrected chi connectivity index (χ3v) is 6.46. The van der Waals surface area contributed by atoms with Crippen molar-refractivity contribution in [2.75, 3.05) is 0 Å². The first-order valence-electron chi connectivity index (χ1n) is 9.79. The molecule has 0 spiro atoms. The normalized spacial score (nSPS) is 16.1. The van der Waals surface area contributed by atoms with Crippen molar-refractivity contribution in [3.63, 3.8) is 0 Å². The zero-order valence-corrected chi connectivity index (χ0v) is 17.2. The molecule has 2 aromatic carbocycles. The molecule has 0 bridgehead atoms. The fourth-order valence-electron chi connectivity index (χ4n) is 3.88. The molecular weight excluding hydrogens is 399 g/mol. The Labute approximate surface area is 177 Å². The highest BCUT2D eigenvalue weighted by atomic mass is 32.2. The molecule has 2 heterocycles. The van der Waals surface area contributed by atoms with Gasteiger partial charge in [-0.05, 0) is 48.1 Å². The van der Waals surface area contributed by atoms with Gasteiger partial charge in [0, 0.05) is 18.4 Å². The number of rotatable bonds is 4. The Kier molecular flexibility index (Phi) is 4.83. The van der Waals surface area contributed by atoms with Crippen molar-refractivity contribution < 1.29 is 9.18 Å². The number of Topliss-reactive ketones (excluding diaryl/α,β-unsaturated/α-hetero) is 1. The standard InChI is InChI=1S/C23H19FN4OS/c1-14-4-2-3-5-16(14)13-30-23-26-22-25-12-19-20(28(22)27-23)10-17(11-21(19)29)15-6-8-18(24)9-7-15/h2-9,12,17H,10-11,13H2,1H3. The Balaban J connectivity index is 1.46. The zero-order chi connectivity index (χ0) is 20.7. The van der Waals surface area contributed by atoms with Crippen LogP contribution in [0.15, 0.2) is 59.9 Å². The lowest BCUT2D eigenvalue weighted by molar-refractivity contribution is 0.0962. The Hall–Kier alpha value is -3.06. The van der Waals surface area contributed by atoms with Crippen molar-refractivity contribution in [1.82, 2.24) is 19.6 Å². The molecule has 0 saturated carbocycles. The predicted molar refractivity (Wildman–Crippen MR) is 113 cm³/mol. The number of halogens is 1. The molecule has 150 valence electrons. The maximum absolute atomic E-state index is 13.3. The van der Waals surface area contributed by atoms with Gasteiger partial charge in [0.15, 0.2) is 5.78 Å². The molecule has 0 radical (unpaired) electrons. The fourth-order valence-corrected chi connectivity index (χ4v) is 4.77. The lowest BCUT2D eigenvalue weighted by Crippen LogP contribution is -2.22. The van der Waals surface area contributed by atoms with Crippen molar-refractivity contribution in [1.29, 1.82) is 0 Å². The van der Waals surface area contributed by atoms with Crippen LogP contribution in [0.2, 0.25) is 0 Å². The molecule has 1 aliphatic carbocycles. The smallest absolute Gasteiger partial charge is 0.253 e. The molecule has 5 nitrogen and oxygen atoms in total. The van der Waals surface area contributed by atoms with E-state index in [1.807, 2.05) is 12.1 Å². The highest BCUT2D eigenvalue weighted by Crippen LogP contribution is 2.33. The number of hydrogen-bond donors (Lipinski definition) is 0. The van der Waals surface area contributed by atoms with Gasteiger partial charge >= 0.3 is 0 Å². The second kappa shape index (κ2) is 7.65. The molecule has 2 aromatic heterocycles. The number of benzene rings is 2. The van der Waals surface area contributed by atoms with Gasteiger partial charge in [-0.25, -0.2) is 9.37 Å². The summed E-state index contributed by atoms with van der Waals surface area (Å²) in [5.74, 6) is 1.00. The Morgan fingerprint density at radius 3 is 2.73 bits per heavy atom. The van der Waals surface area contributed by atoms with E-state index in [9.17, 15) is 9.18 Å². The molecule has 0 N–H and O–H groups in total. The summed E-state index contributed by atoms with van der Waals surface area (Å²) in [4.78, 5) is 21.6. The van der Waals surface area contributed by atoms with Gasteiger partial charge in [0.05, 0.1) is 11.3 Å². The summed E-state index contributed by atoms with van der Waals surface area (Å²) in [7, 11) is 0. The molecule has 0 aliphatic heterocycles. The van der Waals surface area contributed by atoms with Crippen molar-refractivity contribution >= 4 is 23.3 Å². The van der Waals surface area contributed by atoms with E-state index in [1.165, 1.54) is 23.3 Å². The number of hydrogen-bond acceptors (Lipinski definition) is 5. The number of fused-ring (bicyclic) bond motifs is 3. The first-order valence-corrected chi connectivity index (χ1v) is 10.8. The highest BCUT2D eigenvalue weighted by Gasteiger charge is 2.29. The summed E-state index contributed by atoms with van der Waals surface area (Å²) in [5.41, 5.74) is 4.84. The molecule has 0 fully saturated rings. The van der Waals surface area contributed by atoms with Crippen LogP contribution in [0.1, 0.15) is 45.1 Å². The van der Waals surface area contributed by atoms with Crippen LogP contribution in [0, 0.1) is 12.7 Å². The molecular formula is C23H19FN4OS. The van der Waals surface area contributed by atoms with E-state index in [1.54, 1.807) is 34.6 Å². The van der Waals surface area contributed by atoms with Gasteiger partial charge in [0.2, 0.25) is 5.16 Å². The van der Waals surface area contributed by atoms with E-state index in [4.69, 9.17) is 0 Å². The minimum Gasteiger partial charge on any atom is -0.294 e. The fraction of sp³-hybridized carbons (Fsp3) is 0.217. The summed E-state index contributed by atoms with van der Waals surface area (Å²) in [6.07, 6.45) is 2.63. The Morgan fingerprint density at radius 2 is 1.93 bits per heavy atom. The average molecular weight is 418 g/mol. The summed E-state index contributed by atoms with van der Waals surface area (Å²) < 4.78 is 15.0. The van der Waals surface area contributed by atoms with Crippen LogP contribution >= 0.6 is 11.8 Å². The van der Waals surface area contributed by atoms with Crippen LogP contribution < -0.4 is 0 Å². The monoisotopic (exact) mass is 418 g/mol. The minimum atomic E-state index is -0.278. The maximum Gasteiger partial charge on any atom is 0.253 e. The summed E-state index contributed by atoms with van der Waals surface area (Å²) >= 11 is 1.55. The van der Waals surface area contributed by atoms with E-state index in [0.717, 1.165) is 17.0 Å². The highest BCUT2D eigenvalue weighted by molar-refractivity contribution is 7.98. The number of nitrogens with zero attached hydrogens (tertiary/aromatic N) is 4. The van der Waals surface area contributed by atoms with Crippen LogP contribution in [0.4, 0.5) is 4.39 Å². The number of aromatic nitrogens is 4. The van der Waals surface area contributed by atoms with Crippen LogP contribution in [-0.2, 0) is 12.2 Å². The number of aryl methyl sites for hydroxylation is 1. The van der Waals surface area contributed by atoms with Crippen LogP contribution in [0.5, 0.6) is 0 Å². The quantitative estimate of drug-likeness (QED) is 0.447. The molecule has 1 unspecified atom stereocenters. The zero-order valence-electron chi connectivity index (χ0n) is 16.4. The van der Waals surface area contributed by atoms with Gasteiger partial charge < -0.3 is 0 Å². The third kappa shape index (κ3) is 3.50. The summed E-state index contributed by atoms with van der Waals surface area (Å²) in [6, 6.07) is 14.6. The molecule has 0 amide bonds. The molecule has 1 atom stereocenters. The van der Waals surface area contributed by atoms with Crippen molar-refractivity contribution in [2.45, 2.75) is 36.6 Å². The van der Waals surface area contributed by atoms with Crippen LogP contribution in [0.25, 0.3) is 5.78 Å². The molecule has 5 rings (SSSR count). The lowest BCUT2D eigenvalue weighted by Gasteiger charge is -2.23. The number of carbonyl (C=O) groups is 1. The number of thioether (sulfide) groups is 1. The van der Waals surface area contributed by atoms with Crippen molar-refractivity contribution in [3.05, 3.63) is 88.5 Å². The van der Waals surface area contributed by atoms with Gasteiger partial charge in [-0.2, -0.15) is 9.50 Å². The van der Waals surface area contributed by atoms with Gasteiger partial charge in [-0.15, -0.1) is 5.10 Å². The van der Waals surface area contributed by atoms with Crippen molar-refractivity contribution in [3.8, 4) is 0 Å². The Morgan fingerprint density at radius 1 is 1.13 bits per heavy atom. The average Bonchev–Trinajstić information content (AvgIpc) is 3.17. The third-order valence-electron chi connectivity index (χ3n) is 5.58. The van der Waals surface area contributed by atoms with Gasteiger partial charge in [0.25, 0.3) is 5.78 Å². The number of carbonyl (C=O) groups excluding carboxylic acids is 1. The summed E-state index contributed by atoms with van der Waals surface area (Å²) in [5, 5.41) is 5.28. The maximum atomic E-state index is 13.3. The molecule has 7 heteroatoms. The largest absolute Gasteiger partial charge is 0.294 e.